The van der Waals surface area contributed by atoms with Crippen molar-refractivity contribution in [2.45, 2.75) is 32.9 Å². The van der Waals surface area contributed by atoms with Gasteiger partial charge >= 0.3 is 0 Å². The number of carbonyl (C=O) groups excluding carboxylic acids is 2. The smallest absolute Gasteiger partial charge is 0.243 e. The number of aromatic nitrogens is 1. The van der Waals surface area contributed by atoms with Crippen molar-refractivity contribution < 1.29 is 9.59 Å². The lowest BCUT2D eigenvalue weighted by molar-refractivity contribution is -0.123. The molecule has 1 unspecified atom stereocenters. The Bertz CT molecular complexity index is 989. The Morgan fingerprint density at radius 2 is 1.75 bits per heavy atom. The normalized spacial score (nSPS) is 12.6. The van der Waals surface area contributed by atoms with E-state index in [9.17, 15) is 9.59 Å². The van der Waals surface area contributed by atoms with Crippen molar-refractivity contribution >= 4 is 22.6 Å². The first-order valence-electron chi connectivity index (χ1n) is 9.35. The van der Waals surface area contributed by atoms with E-state index in [0.29, 0.717) is 18.7 Å². The van der Waals surface area contributed by atoms with Crippen molar-refractivity contribution in [2.75, 3.05) is 0 Å². The van der Waals surface area contributed by atoms with Gasteiger partial charge in [-0.05, 0) is 37.1 Å². The van der Waals surface area contributed by atoms with Crippen molar-refractivity contribution in [3.63, 3.8) is 0 Å². The predicted octanol–water partition coefficient (Wildman–Crippen LogP) is 3.48. The van der Waals surface area contributed by atoms with E-state index >= 15 is 0 Å². The maximum atomic E-state index is 12.9. The molecule has 0 saturated carbocycles. The van der Waals surface area contributed by atoms with Gasteiger partial charge in [-0.1, -0.05) is 48.5 Å². The minimum atomic E-state index is -0.487. The van der Waals surface area contributed by atoms with Gasteiger partial charge in [0.1, 0.15) is 6.04 Å². The van der Waals surface area contributed by atoms with E-state index in [2.05, 4.69) is 15.6 Å². The summed E-state index contributed by atoms with van der Waals surface area (Å²) in [6, 6.07) is 17.3. The minimum absolute atomic E-state index is 0.0551. The second-order valence-electron chi connectivity index (χ2n) is 6.90. The molecule has 0 aliphatic heterocycles. The van der Waals surface area contributed by atoms with E-state index < -0.39 is 6.04 Å². The highest BCUT2D eigenvalue weighted by atomic mass is 16.2. The number of hydrogen-bond donors (Lipinski definition) is 3. The second-order valence-corrected chi connectivity index (χ2v) is 6.90. The van der Waals surface area contributed by atoms with Crippen LogP contribution in [0.25, 0.3) is 10.9 Å². The molecule has 0 aliphatic carbocycles. The first-order valence-corrected chi connectivity index (χ1v) is 9.35. The maximum Gasteiger partial charge on any atom is 0.243 e. The summed E-state index contributed by atoms with van der Waals surface area (Å²) in [6.45, 7) is 3.75. The first-order chi connectivity index (χ1) is 13.5. The van der Waals surface area contributed by atoms with Gasteiger partial charge in [-0.15, -0.1) is 0 Å². The van der Waals surface area contributed by atoms with E-state index in [1.54, 1.807) is 6.92 Å². The van der Waals surface area contributed by atoms with E-state index in [0.717, 1.165) is 22.0 Å². The van der Waals surface area contributed by atoms with Gasteiger partial charge in [-0.25, -0.2) is 0 Å². The third-order valence-electron chi connectivity index (χ3n) is 4.55. The summed E-state index contributed by atoms with van der Waals surface area (Å²) in [5, 5.41) is 7.29. The monoisotopic (exact) mass is 375 g/mol. The molecule has 0 saturated heterocycles. The molecule has 5 heteroatoms. The molecule has 1 amide bonds. The highest BCUT2D eigenvalue weighted by Crippen LogP contribution is 2.19. The van der Waals surface area contributed by atoms with E-state index in [1.165, 1.54) is 13.0 Å². The number of ketones is 1. The average Bonchev–Trinajstić information content (AvgIpc) is 3.09. The lowest BCUT2D eigenvalue weighted by atomic mass is 10.0. The predicted molar refractivity (Wildman–Crippen MR) is 112 cm³/mol. The lowest BCUT2D eigenvalue weighted by Gasteiger charge is -2.20. The van der Waals surface area contributed by atoms with Gasteiger partial charge in [-0.2, -0.15) is 0 Å². The fraction of sp³-hybridized carbons (Fsp3) is 0.217. The van der Waals surface area contributed by atoms with Gasteiger partial charge in [0.05, 0.1) is 0 Å². The summed E-state index contributed by atoms with van der Waals surface area (Å²) in [5.74, 6) is -0.161. The summed E-state index contributed by atoms with van der Waals surface area (Å²) < 4.78 is 0. The van der Waals surface area contributed by atoms with Crippen LogP contribution in [0, 0.1) is 0 Å². The molecule has 1 atom stereocenters. The molecule has 144 valence electrons. The second kappa shape index (κ2) is 9.04. The Morgan fingerprint density at radius 1 is 1.04 bits per heavy atom. The molecule has 0 fully saturated rings. The van der Waals surface area contributed by atoms with E-state index in [1.807, 2.05) is 60.8 Å². The highest BCUT2D eigenvalue weighted by molar-refractivity contribution is 5.88. The van der Waals surface area contributed by atoms with Crippen LogP contribution in [0.2, 0.25) is 0 Å². The van der Waals surface area contributed by atoms with Crippen molar-refractivity contribution in [1.82, 2.24) is 15.6 Å². The van der Waals surface area contributed by atoms with Crippen LogP contribution in [-0.2, 0) is 22.6 Å². The van der Waals surface area contributed by atoms with Gasteiger partial charge < -0.3 is 15.6 Å². The van der Waals surface area contributed by atoms with Crippen LogP contribution in [0.15, 0.2) is 72.6 Å². The van der Waals surface area contributed by atoms with Crippen molar-refractivity contribution in [3.05, 3.63) is 83.7 Å². The molecule has 28 heavy (non-hydrogen) atoms. The van der Waals surface area contributed by atoms with Gasteiger partial charge in [0.25, 0.3) is 0 Å². The average molecular weight is 375 g/mol. The molecule has 1 aromatic heterocycles. The van der Waals surface area contributed by atoms with Crippen LogP contribution < -0.4 is 10.6 Å². The minimum Gasteiger partial charge on any atom is -0.377 e. The fourth-order valence-corrected chi connectivity index (χ4v) is 3.26. The number of benzene rings is 2. The number of hydrogen-bond acceptors (Lipinski definition) is 3. The maximum absolute atomic E-state index is 12.9. The molecule has 5 nitrogen and oxygen atoms in total. The van der Waals surface area contributed by atoms with Crippen molar-refractivity contribution in [3.8, 4) is 0 Å². The molecular formula is C23H25N3O2. The van der Waals surface area contributed by atoms with Crippen LogP contribution in [-0.4, -0.2) is 22.7 Å². The van der Waals surface area contributed by atoms with Crippen molar-refractivity contribution in [2.24, 2.45) is 0 Å². The number of carbonyl (C=O) groups is 2. The summed E-state index contributed by atoms with van der Waals surface area (Å²) in [4.78, 5) is 27.5. The summed E-state index contributed by atoms with van der Waals surface area (Å²) in [5.41, 5.74) is 3.81. The lowest BCUT2D eigenvalue weighted by Crippen LogP contribution is -2.44. The number of para-hydroxylation sites is 1. The SMILES string of the molecule is CC(=O)C=C(C)NC(Cc1c[nH]c2ccccc12)C(=O)NCc1ccccc1. The van der Waals surface area contributed by atoms with Crippen LogP contribution in [0.1, 0.15) is 25.0 Å². The molecular weight excluding hydrogens is 350 g/mol. The summed E-state index contributed by atoms with van der Waals surface area (Å²) in [6.07, 6.45) is 3.95. The molecule has 0 aliphatic rings. The molecule has 0 bridgehead atoms. The zero-order chi connectivity index (χ0) is 19.9. The first kappa shape index (κ1) is 19.4. The molecule has 3 rings (SSSR count). The van der Waals surface area contributed by atoms with Crippen LogP contribution >= 0.6 is 0 Å². The number of H-pyrrole nitrogens is 1. The number of allylic oxidation sites excluding steroid dienone is 2. The summed E-state index contributed by atoms with van der Waals surface area (Å²) >= 11 is 0. The summed E-state index contributed by atoms with van der Waals surface area (Å²) in [7, 11) is 0. The van der Waals surface area contributed by atoms with Crippen molar-refractivity contribution in [1.29, 1.82) is 0 Å². The molecule has 0 spiro atoms. The third kappa shape index (κ3) is 5.10. The largest absolute Gasteiger partial charge is 0.377 e. The Balaban J connectivity index is 1.77. The van der Waals surface area contributed by atoms with Gasteiger partial charge in [0.2, 0.25) is 5.91 Å². The van der Waals surface area contributed by atoms with E-state index in [4.69, 9.17) is 0 Å². The number of amides is 1. The topological polar surface area (TPSA) is 74.0 Å². The van der Waals surface area contributed by atoms with Crippen LogP contribution in [0.5, 0.6) is 0 Å². The Morgan fingerprint density at radius 3 is 2.50 bits per heavy atom. The Hall–Kier alpha value is -3.34. The van der Waals surface area contributed by atoms with Gasteiger partial charge in [0, 0.05) is 35.8 Å². The quantitative estimate of drug-likeness (QED) is 0.528. The number of nitrogens with one attached hydrogen (secondary N) is 3. The zero-order valence-corrected chi connectivity index (χ0v) is 16.2. The number of rotatable bonds is 8. The third-order valence-corrected chi connectivity index (χ3v) is 4.55. The van der Waals surface area contributed by atoms with Crippen LogP contribution in [0.3, 0.4) is 0 Å². The highest BCUT2D eigenvalue weighted by Gasteiger charge is 2.20. The van der Waals surface area contributed by atoms with E-state index in [-0.39, 0.29) is 11.7 Å². The van der Waals surface area contributed by atoms with Gasteiger partial charge in [0.15, 0.2) is 5.78 Å². The molecule has 0 radical (unpaired) electrons. The zero-order valence-electron chi connectivity index (χ0n) is 16.2. The molecule has 3 N–H and O–H groups in total. The Labute approximate surface area is 164 Å². The van der Waals surface area contributed by atoms with Crippen LogP contribution in [0.4, 0.5) is 0 Å². The molecule has 3 aromatic rings. The fourth-order valence-electron chi connectivity index (χ4n) is 3.26. The number of fused-ring (bicyclic) bond motifs is 1. The standard InChI is InChI=1S/C23H25N3O2/c1-16(12-17(2)27)26-22(23(28)25-14-18-8-4-3-5-9-18)13-19-15-24-21-11-7-6-10-20(19)21/h3-12,15,22,24,26H,13-14H2,1-2H3,(H,25,28). The number of aromatic amines is 1. The molecule has 1 heterocycles. The van der Waals surface area contributed by atoms with Gasteiger partial charge in [-0.3, -0.25) is 9.59 Å². The molecule has 2 aromatic carbocycles. The Kier molecular flexibility index (Phi) is 6.27.